The summed E-state index contributed by atoms with van der Waals surface area (Å²) in [5.74, 6) is 0.271. The second-order valence-corrected chi connectivity index (χ2v) is 6.56. The molecule has 3 rings (SSSR count). The minimum Gasteiger partial charge on any atom is -0.455 e. The van der Waals surface area contributed by atoms with Crippen molar-refractivity contribution in [2.75, 3.05) is 6.54 Å². The first-order valence-electron chi connectivity index (χ1n) is 8.23. The van der Waals surface area contributed by atoms with Gasteiger partial charge in [0.25, 0.3) is 11.8 Å². The number of hydrogen-bond acceptors (Lipinski definition) is 4. The summed E-state index contributed by atoms with van der Waals surface area (Å²) in [7, 11) is 0. The van der Waals surface area contributed by atoms with Crippen LogP contribution >= 0.6 is 23.2 Å². The topological polar surface area (TPSA) is 83.7 Å². The predicted octanol–water partition coefficient (Wildman–Crippen LogP) is 4.13. The number of rotatable bonds is 6. The van der Waals surface area contributed by atoms with Gasteiger partial charge in [-0.25, -0.2) is 5.43 Å². The Hall–Kier alpha value is -3.09. The van der Waals surface area contributed by atoms with Crippen LogP contribution in [0, 0.1) is 0 Å². The molecule has 0 fully saturated rings. The summed E-state index contributed by atoms with van der Waals surface area (Å²) >= 11 is 11.6. The zero-order valence-corrected chi connectivity index (χ0v) is 16.0. The summed E-state index contributed by atoms with van der Waals surface area (Å²) in [6.07, 6.45) is 1.37. The Labute approximate surface area is 171 Å². The van der Waals surface area contributed by atoms with Crippen LogP contribution in [0.15, 0.2) is 70.2 Å². The number of nitrogens with one attached hydrogen (secondary N) is 2. The minimum atomic E-state index is -0.469. The first-order valence-corrected chi connectivity index (χ1v) is 8.98. The quantitative estimate of drug-likeness (QED) is 0.468. The van der Waals surface area contributed by atoms with Crippen LogP contribution < -0.4 is 10.7 Å². The van der Waals surface area contributed by atoms with Gasteiger partial charge >= 0.3 is 0 Å². The maximum atomic E-state index is 11.9. The summed E-state index contributed by atoms with van der Waals surface area (Å²) in [5, 5.41) is 7.48. The molecule has 0 atom stereocenters. The van der Waals surface area contributed by atoms with Gasteiger partial charge < -0.3 is 9.73 Å². The highest BCUT2D eigenvalue weighted by Crippen LogP contribution is 2.23. The SMILES string of the molecule is O=C(CNC(=O)c1ccc(Cl)cc1)N/N=C/c1ccc(-c2ccc(Cl)cc2)o1. The fraction of sp³-hybridized carbons (Fsp3) is 0.0500. The molecule has 0 aliphatic carbocycles. The van der Waals surface area contributed by atoms with Gasteiger partial charge in [0.1, 0.15) is 11.5 Å². The summed E-state index contributed by atoms with van der Waals surface area (Å²) < 4.78 is 5.63. The van der Waals surface area contributed by atoms with E-state index >= 15 is 0 Å². The summed E-state index contributed by atoms with van der Waals surface area (Å²) in [6.45, 7) is -0.215. The van der Waals surface area contributed by atoms with E-state index in [-0.39, 0.29) is 12.5 Å². The average molecular weight is 416 g/mol. The lowest BCUT2D eigenvalue weighted by molar-refractivity contribution is -0.120. The lowest BCUT2D eigenvalue weighted by atomic mass is 10.2. The van der Waals surface area contributed by atoms with E-state index in [1.165, 1.54) is 6.21 Å². The van der Waals surface area contributed by atoms with Gasteiger partial charge in [0.15, 0.2) is 0 Å². The molecule has 6 nitrogen and oxygen atoms in total. The third-order valence-corrected chi connectivity index (χ3v) is 4.16. The van der Waals surface area contributed by atoms with Crippen molar-refractivity contribution in [3.63, 3.8) is 0 Å². The Kier molecular flexibility index (Phi) is 6.47. The molecule has 0 spiro atoms. The number of halogens is 2. The second-order valence-electron chi connectivity index (χ2n) is 5.69. The molecule has 0 unspecified atom stereocenters. The zero-order chi connectivity index (χ0) is 19.9. The molecule has 2 N–H and O–H groups in total. The highest BCUT2D eigenvalue weighted by molar-refractivity contribution is 6.30. The molecule has 0 saturated heterocycles. The van der Waals surface area contributed by atoms with Crippen molar-refractivity contribution >= 4 is 41.2 Å². The van der Waals surface area contributed by atoms with E-state index in [2.05, 4.69) is 15.8 Å². The summed E-state index contributed by atoms with van der Waals surface area (Å²) in [6, 6.07) is 17.1. The van der Waals surface area contributed by atoms with E-state index in [1.54, 1.807) is 48.5 Å². The van der Waals surface area contributed by atoms with Crippen LogP contribution in [-0.4, -0.2) is 24.6 Å². The van der Waals surface area contributed by atoms with E-state index in [0.29, 0.717) is 27.1 Å². The minimum absolute atomic E-state index is 0.215. The molecule has 0 radical (unpaired) electrons. The van der Waals surface area contributed by atoms with E-state index in [9.17, 15) is 9.59 Å². The Balaban J connectivity index is 1.48. The van der Waals surface area contributed by atoms with Crippen molar-refractivity contribution in [3.8, 4) is 11.3 Å². The molecule has 28 heavy (non-hydrogen) atoms. The first-order chi connectivity index (χ1) is 13.5. The van der Waals surface area contributed by atoms with Gasteiger partial charge in [-0.2, -0.15) is 5.10 Å². The van der Waals surface area contributed by atoms with Gasteiger partial charge in [-0.05, 0) is 60.7 Å². The third-order valence-electron chi connectivity index (χ3n) is 3.65. The van der Waals surface area contributed by atoms with E-state index < -0.39 is 5.91 Å². The molecule has 3 aromatic rings. The highest BCUT2D eigenvalue weighted by Gasteiger charge is 2.07. The predicted molar refractivity (Wildman–Crippen MR) is 109 cm³/mol. The molecule has 0 aliphatic heterocycles. The van der Waals surface area contributed by atoms with E-state index in [1.807, 2.05) is 12.1 Å². The van der Waals surface area contributed by atoms with Crippen LogP contribution in [-0.2, 0) is 4.79 Å². The maximum absolute atomic E-state index is 11.9. The largest absolute Gasteiger partial charge is 0.455 e. The normalized spacial score (nSPS) is 10.8. The highest BCUT2D eigenvalue weighted by atomic mass is 35.5. The third kappa shape index (κ3) is 5.45. The number of hydrogen-bond donors (Lipinski definition) is 2. The lowest BCUT2D eigenvalue weighted by Gasteiger charge is -2.04. The molecule has 142 valence electrons. The maximum Gasteiger partial charge on any atom is 0.259 e. The Morgan fingerprint density at radius 3 is 2.25 bits per heavy atom. The molecule has 2 aromatic carbocycles. The van der Waals surface area contributed by atoms with Crippen LogP contribution in [0.4, 0.5) is 0 Å². The second kappa shape index (κ2) is 9.21. The van der Waals surface area contributed by atoms with Crippen LogP contribution in [0.1, 0.15) is 16.1 Å². The van der Waals surface area contributed by atoms with Crippen molar-refractivity contribution in [2.24, 2.45) is 5.10 Å². The number of carbonyl (C=O) groups is 2. The molecular formula is C20H15Cl2N3O3. The number of hydrazone groups is 1. The molecule has 0 aliphatic rings. The average Bonchev–Trinajstić information content (AvgIpc) is 3.16. The summed E-state index contributed by atoms with van der Waals surface area (Å²) in [5.41, 5.74) is 3.60. The Bertz CT molecular complexity index is 996. The zero-order valence-electron chi connectivity index (χ0n) is 14.5. The van der Waals surface area contributed by atoms with Gasteiger partial charge in [-0.15, -0.1) is 0 Å². The van der Waals surface area contributed by atoms with Gasteiger partial charge in [0.2, 0.25) is 0 Å². The van der Waals surface area contributed by atoms with Crippen LogP contribution in [0.2, 0.25) is 10.0 Å². The van der Waals surface area contributed by atoms with Gasteiger partial charge in [-0.3, -0.25) is 9.59 Å². The number of amides is 2. The number of nitrogens with zero attached hydrogens (tertiary/aromatic N) is 1. The lowest BCUT2D eigenvalue weighted by Crippen LogP contribution is -2.34. The number of carbonyl (C=O) groups excluding carboxylic acids is 2. The molecule has 1 aromatic heterocycles. The van der Waals surface area contributed by atoms with Crippen LogP contribution in [0.3, 0.4) is 0 Å². The van der Waals surface area contributed by atoms with Crippen LogP contribution in [0.25, 0.3) is 11.3 Å². The number of furan rings is 1. The van der Waals surface area contributed by atoms with Gasteiger partial charge in [0.05, 0.1) is 12.8 Å². The van der Waals surface area contributed by atoms with Crippen molar-refractivity contribution in [1.82, 2.24) is 10.7 Å². The van der Waals surface area contributed by atoms with Crippen molar-refractivity contribution in [2.45, 2.75) is 0 Å². The molecule has 0 bridgehead atoms. The molecule has 2 amide bonds. The van der Waals surface area contributed by atoms with Gasteiger partial charge in [-0.1, -0.05) is 23.2 Å². The monoisotopic (exact) mass is 415 g/mol. The molecular weight excluding hydrogens is 401 g/mol. The fourth-order valence-electron chi connectivity index (χ4n) is 2.26. The first kappa shape index (κ1) is 19.7. The Morgan fingerprint density at radius 1 is 0.929 bits per heavy atom. The summed E-state index contributed by atoms with van der Waals surface area (Å²) in [4.78, 5) is 23.7. The fourth-order valence-corrected chi connectivity index (χ4v) is 2.51. The Morgan fingerprint density at radius 2 is 1.57 bits per heavy atom. The standard InChI is InChI=1S/C20H15Cl2N3O3/c21-15-5-1-13(2-6-15)18-10-9-17(28-18)11-24-25-19(26)12-23-20(27)14-3-7-16(22)8-4-14/h1-11H,12H2,(H,23,27)(H,25,26)/b24-11+. The number of benzene rings is 2. The smallest absolute Gasteiger partial charge is 0.259 e. The van der Waals surface area contributed by atoms with E-state index in [0.717, 1.165) is 5.56 Å². The van der Waals surface area contributed by atoms with Crippen LogP contribution in [0.5, 0.6) is 0 Å². The molecule has 0 saturated carbocycles. The van der Waals surface area contributed by atoms with Crippen molar-refractivity contribution in [3.05, 3.63) is 82.0 Å². The van der Waals surface area contributed by atoms with E-state index in [4.69, 9.17) is 27.6 Å². The van der Waals surface area contributed by atoms with Gasteiger partial charge in [0, 0.05) is 21.2 Å². The molecule has 8 heteroatoms. The van der Waals surface area contributed by atoms with Crippen molar-refractivity contribution < 1.29 is 14.0 Å². The van der Waals surface area contributed by atoms with Crippen molar-refractivity contribution in [1.29, 1.82) is 0 Å². The molecule has 1 heterocycles.